The Balaban J connectivity index is 1.63. The second-order valence-corrected chi connectivity index (χ2v) is 6.86. The summed E-state index contributed by atoms with van der Waals surface area (Å²) in [5.41, 5.74) is 4.16. The number of imidazole rings is 1. The number of benzene rings is 3. The molecule has 0 aliphatic rings. The summed E-state index contributed by atoms with van der Waals surface area (Å²) < 4.78 is 15.2. The van der Waals surface area contributed by atoms with E-state index in [2.05, 4.69) is 22.4 Å². The number of fused-ring (bicyclic) bond motifs is 1. The molecule has 146 valence electrons. The lowest BCUT2D eigenvalue weighted by Crippen LogP contribution is -2.05. The summed E-state index contributed by atoms with van der Waals surface area (Å²) in [6.45, 7) is 0.616. The zero-order chi connectivity index (χ0) is 20.3. The van der Waals surface area contributed by atoms with Crippen molar-refractivity contribution in [1.29, 1.82) is 0 Å². The third kappa shape index (κ3) is 3.51. The van der Waals surface area contributed by atoms with Gasteiger partial charge < -0.3 is 5.32 Å². The Bertz CT molecular complexity index is 1280. The first-order valence-corrected chi connectivity index (χ1v) is 9.62. The van der Waals surface area contributed by atoms with E-state index in [1.54, 1.807) is 18.5 Å². The van der Waals surface area contributed by atoms with Crippen LogP contribution in [0.2, 0.25) is 0 Å². The third-order valence-corrected chi connectivity index (χ3v) is 4.84. The average molecular weight is 395 g/mol. The molecule has 0 saturated carbocycles. The molecule has 0 aliphatic carbocycles. The Morgan fingerprint density at radius 3 is 2.23 bits per heavy atom. The highest BCUT2D eigenvalue weighted by molar-refractivity contribution is 5.86. The second kappa shape index (κ2) is 7.75. The van der Waals surface area contributed by atoms with Gasteiger partial charge >= 0.3 is 0 Å². The van der Waals surface area contributed by atoms with Gasteiger partial charge in [0.15, 0.2) is 22.8 Å². The van der Waals surface area contributed by atoms with Gasteiger partial charge in [0.2, 0.25) is 0 Å². The van der Waals surface area contributed by atoms with Crippen LogP contribution in [0.25, 0.3) is 28.2 Å². The maximum atomic E-state index is 13.4. The number of halogens is 1. The molecule has 2 heterocycles. The van der Waals surface area contributed by atoms with Gasteiger partial charge in [-0.2, -0.15) is 0 Å². The van der Waals surface area contributed by atoms with E-state index in [-0.39, 0.29) is 5.82 Å². The first-order valence-electron chi connectivity index (χ1n) is 9.62. The quantitative estimate of drug-likeness (QED) is 0.443. The van der Waals surface area contributed by atoms with Crippen LogP contribution in [0, 0.1) is 5.82 Å². The Kier molecular flexibility index (Phi) is 4.65. The molecule has 0 saturated heterocycles. The van der Waals surface area contributed by atoms with Gasteiger partial charge in [0.25, 0.3) is 0 Å². The second-order valence-electron chi connectivity index (χ2n) is 6.86. The molecule has 3 aromatic carbocycles. The van der Waals surface area contributed by atoms with Gasteiger partial charge in [-0.25, -0.2) is 19.3 Å². The molecule has 0 bridgehead atoms. The van der Waals surface area contributed by atoms with Crippen LogP contribution in [0.1, 0.15) is 5.56 Å². The molecule has 0 aliphatic heterocycles. The van der Waals surface area contributed by atoms with Crippen molar-refractivity contribution in [3.8, 4) is 17.1 Å². The number of anilines is 1. The van der Waals surface area contributed by atoms with Gasteiger partial charge in [0.05, 0.1) is 0 Å². The van der Waals surface area contributed by atoms with Crippen LogP contribution in [0.4, 0.5) is 10.2 Å². The molecule has 5 rings (SSSR count). The van der Waals surface area contributed by atoms with E-state index in [1.165, 1.54) is 12.1 Å². The van der Waals surface area contributed by atoms with Crippen molar-refractivity contribution in [2.24, 2.45) is 0 Å². The lowest BCUT2D eigenvalue weighted by molar-refractivity contribution is 0.627. The number of rotatable bonds is 5. The minimum absolute atomic E-state index is 0.284. The number of nitrogens with one attached hydrogen (secondary N) is 1. The molecular weight excluding hydrogens is 377 g/mol. The van der Waals surface area contributed by atoms with E-state index in [4.69, 9.17) is 9.97 Å². The van der Waals surface area contributed by atoms with Crippen LogP contribution < -0.4 is 5.32 Å². The maximum Gasteiger partial charge on any atom is 0.170 e. The Morgan fingerprint density at radius 1 is 0.800 bits per heavy atom. The summed E-state index contributed by atoms with van der Waals surface area (Å²) in [5.74, 6) is 0.971. The number of nitrogens with zero attached hydrogens (tertiary/aromatic N) is 4. The zero-order valence-electron chi connectivity index (χ0n) is 16.0. The first-order chi connectivity index (χ1) is 14.8. The average Bonchev–Trinajstić information content (AvgIpc) is 3.23. The monoisotopic (exact) mass is 395 g/mol. The predicted molar refractivity (Wildman–Crippen MR) is 116 cm³/mol. The van der Waals surface area contributed by atoms with Crippen molar-refractivity contribution in [1.82, 2.24) is 19.5 Å². The molecule has 0 radical (unpaired) electrons. The van der Waals surface area contributed by atoms with Crippen LogP contribution in [0.3, 0.4) is 0 Å². The molecular formula is C24H18FN5. The fraction of sp³-hybridized carbons (Fsp3) is 0.0417. The van der Waals surface area contributed by atoms with E-state index >= 15 is 0 Å². The fourth-order valence-corrected chi connectivity index (χ4v) is 3.31. The van der Waals surface area contributed by atoms with Crippen molar-refractivity contribution in [3.05, 3.63) is 103 Å². The first kappa shape index (κ1) is 18.0. The van der Waals surface area contributed by atoms with E-state index in [9.17, 15) is 4.39 Å². The van der Waals surface area contributed by atoms with Crippen LogP contribution >= 0.6 is 0 Å². The summed E-state index contributed by atoms with van der Waals surface area (Å²) in [5, 5.41) is 3.40. The van der Waals surface area contributed by atoms with E-state index < -0.39 is 0 Å². The van der Waals surface area contributed by atoms with Crippen LogP contribution in [-0.4, -0.2) is 19.5 Å². The molecule has 5 nitrogen and oxygen atoms in total. The zero-order valence-corrected chi connectivity index (χ0v) is 16.0. The van der Waals surface area contributed by atoms with E-state index in [1.807, 2.05) is 53.1 Å². The molecule has 0 amide bonds. The minimum atomic E-state index is -0.284. The fourth-order valence-electron chi connectivity index (χ4n) is 3.31. The Morgan fingerprint density at radius 2 is 1.50 bits per heavy atom. The lowest BCUT2D eigenvalue weighted by Gasteiger charge is -2.10. The number of hydrogen-bond acceptors (Lipinski definition) is 4. The SMILES string of the molecule is Fc1ccc(-n2cnc3c(NCc4ccccc4)nc(-c4ccccc4)nc32)cc1. The topological polar surface area (TPSA) is 55.6 Å². The van der Waals surface area contributed by atoms with Gasteiger partial charge in [0, 0.05) is 17.8 Å². The molecule has 5 aromatic rings. The van der Waals surface area contributed by atoms with Gasteiger partial charge in [-0.05, 0) is 29.8 Å². The summed E-state index contributed by atoms with van der Waals surface area (Å²) in [7, 11) is 0. The highest BCUT2D eigenvalue weighted by atomic mass is 19.1. The largest absolute Gasteiger partial charge is 0.364 e. The lowest BCUT2D eigenvalue weighted by atomic mass is 10.2. The van der Waals surface area contributed by atoms with Crippen LogP contribution in [-0.2, 0) is 6.54 Å². The van der Waals surface area contributed by atoms with Crippen molar-refractivity contribution in [3.63, 3.8) is 0 Å². The highest BCUT2D eigenvalue weighted by Crippen LogP contribution is 2.26. The molecule has 0 atom stereocenters. The van der Waals surface area contributed by atoms with Gasteiger partial charge in [-0.1, -0.05) is 60.7 Å². The molecule has 30 heavy (non-hydrogen) atoms. The molecule has 0 spiro atoms. The third-order valence-electron chi connectivity index (χ3n) is 4.84. The molecule has 6 heteroatoms. The Hall–Kier alpha value is -4.06. The number of hydrogen-bond donors (Lipinski definition) is 1. The summed E-state index contributed by atoms with van der Waals surface area (Å²) in [6.07, 6.45) is 1.69. The van der Waals surface area contributed by atoms with Gasteiger partial charge in [-0.15, -0.1) is 0 Å². The standard InChI is InChI=1S/C24H18FN5/c25-19-11-13-20(14-12-19)30-16-27-21-23(26-15-17-7-3-1-4-8-17)28-22(29-24(21)30)18-9-5-2-6-10-18/h1-14,16H,15H2,(H,26,28,29). The number of aromatic nitrogens is 4. The van der Waals surface area contributed by atoms with Crippen molar-refractivity contribution >= 4 is 17.0 Å². The van der Waals surface area contributed by atoms with Crippen LogP contribution in [0.15, 0.2) is 91.3 Å². The smallest absolute Gasteiger partial charge is 0.170 e. The Labute approximate surface area is 172 Å². The molecule has 0 unspecified atom stereocenters. The molecule has 0 fully saturated rings. The molecule has 2 aromatic heterocycles. The summed E-state index contributed by atoms with van der Waals surface area (Å²) in [6, 6.07) is 26.2. The van der Waals surface area contributed by atoms with Crippen molar-refractivity contribution in [2.45, 2.75) is 6.54 Å². The normalized spacial score (nSPS) is 11.0. The van der Waals surface area contributed by atoms with Crippen LogP contribution in [0.5, 0.6) is 0 Å². The minimum Gasteiger partial charge on any atom is -0.364 e. The summed E-state index contributed by atoms with van der Waals surface area (Å²) in [4.78, 5) is 14.1. The highest BCUT2D eigenvalue weighted by Gasteiger charge is 2.15. The summed E-state index contributed by atoms with van der Waals surface area (Å²) >= 11 is 0. The van der Waals surface area contributed by atoms with E-state index in [0.29, 0.717) is 29.4 Å². The predicted octanol–water partition coefficient (Wildman–Crippen LogP) is 5.23. The van der Waals surface area contributed by atoms with E-state index in [0.717, 1.165) is 16.8 Å². The maximum absolute atomic E-state index is 13.4. The van der Waals surface area contributed by atoms with Crippen molar-refractivity contribution in [2.75, 3.05) is 5.32 Å². The molecule has 1 N–H and O–H groups in total. The van der Waals surface area contributed by atoms with Gasteiger partial charge in [-0.3, -0.25) is 4.57 Å². The van der Waals surface area contributed by atoms with Crippen molar-refractivity contribution < 1.29 is 4.39 Å². The van der Waals surface area contributed by atoms with Gasteiger partial charge in [0.1, 0.15) is 12.1 Å².